The fourth-order valence-electron chi connectivity index (χ4n) is 3.25. The number of carboxylic acid groups (broad SMARTS) is 1. The predicted octanol–water partition coefficient (Wildman–Crippen LogP) is 2.33. The van der Waals surface area contributed by atoms with Crippen molar-refractivity contribution in [3.63, 3.8) is 0 Å². The molecule has 3 aromatic rings. The largest absolute Gasteiger partial charge is 0.477 e. The maximum absolute atomic E-state index is 11.9. The molecule has 1 amide bonds. The van der Waals surface area contributed by atoms with Gasteiger partial charge in [0.15, 0.2) is 4.84 Å². The van der Waals surface area contributed by atoms with Crippen LogP contribution in [0.25, 0.3) is 11.0 Å². The predicted molar refractivity (Wildman–Crippen MR) is 136 cm³/mol. The van der Waals surface area contributed by atoms with E-state index in [1.807, 2.05) is 13.8 Å². The van der Waals surface area contributed by atoms with Crippen LogP contribution in [0.3, 0.4) is 0 Å². The number of halogens is 2. The SMILES string of the molecule is CCn1cc(C(=O)O)c(=O)c2ccc(C)nc21.O=C(N[C@H](CO)[C@H](O)c1ccc([N+](=O)[O-])cc1)C(Cl)Cl. The van der Waals surface area contributed by atoms with Crippen LogP contribution in [-0.4, -0.2) is 59.2 Å². The molecule has 0 aliphatic rings. The van der Waals surface area contributed by atoms with Gasteiger partial charge in [-0.2, -0.15) is 0 Å². The second-order valence-corrected chi connectivity index (χ2v) is 8.77. The Morgan fingerprint density at radius 1 is 1.19 bits per heavy atom. The molecule has 2 heterocycles. The van der Waals surface area contributed by atoms with E-state index in [4.69, 9.17) is 33.4 Å². The molecule has 0 bridgehead atoms. The zero-order chi connectivity index (χ0) is 27.9. The average Bonchev–Trinajstić information content (AvgIpc) is 2.87. The molecule has 0 saturated heterocycles. The molecule has 3 rings (SSSR count). The maximum atomic E-state index is 11.9. The minimum absolute atomic E-state index is 0.132. The number of hydrogen-bond acceptors (Lipinski definition) is 8. The molecule has 0 unspecified atom stereocenters. The summed E-state index contributed by atoms with van der Waals surface area (Å²) in [5.41, 5.74) is 0.794. The summed E-state index contributed by atoms with van der Waals surface area (Å²) >= 11 is 10.7. The van der Waals surface area contributed by atoms with Gasteiger partial charge < -0.3 is 25.2 Å². The molecular weight excluding hydrogens is 531 g/mol. The van der Waals surface area contributed by atoms with Crippen molar-refractivity contribution in [2.75, 3.05) is 6.61 Å². The molecule has 0 radical (unpaired) electrons. The lowest BCUT2D eigenvalue weighted by Gasteiger charge is -2.22. The number of aliphatic hydroxyl groups excluding tert-OH is 2. The zero-order valence-corrected chi connectivity index (χ0v) is 21.2. The smallest absolute Gasteiger partial charge is 0.341 e. The number of aliphatic hydroxyl groups is 2. The number of carbonyl (C=O) groups excluding carboxylic acids is 1. The number of carboxylic acids is 1. The molecule has 0 spiro atoms. The third kappa shape index (κ3) is 7.46. The molecule has 1 aromatic carbocycles. The highest BCUT2D eigenvalue weighted by Crippen LogP contribution is 2.21. The molecule has 2 atom stereocenters. The van der Waals surface area contributed by atoms with Crippen LogP contribution in [0.2, 0.25) is 0 Å². The number of nitrogens with one attached hydrogen (secondary N) is 1. The van der Waals surface area contributed by atoms with Crippen LogP contribution >= 0.6 is 23.2 Å². The summed E-state index contributed by atoms with van der Waals surface area (Å²) in [5.74, 6) is -1.96. The van der Waals surface area contributed by atoms with E-state index >= 15 is 0 Å². The van der Waals surface area contributed by atoms with Crippen molar-refractivity contribution >= 4 is 51.8 Å². The molecule has 4 N–H and O–H groups in total. The number of non-ortho nitro benzene ring substituents is 1. The van der Waals surface area contributed by atoms with E-state index in [2.05, 4.69) is 10.3 Å². The first kappa shape index (κ1) is 29.6. The van der Waals surface area contributed by atoms with Crippen molar-refractivity contribution in [1.82, 2.24) is 14.9 Å². The van der Waals surface area contributed by atoms with Gasteiger partial charge >= 0.3 is 5.97 Å². The van der Waals surface area contributed by atoms with Crippen molar-refractivity contribution in [2.24, 2.45) is 0 Å². The molecule has 14 heteroatoms. The molecule has 0 aliphatic carbocycles. The molecular formula is C23H24Cl2N4O8. The highest BCUT2D eigenvalue weighted by atomic mass is 35.5. The standard InChI is InChI=1S/C12H12N2O3.C11H12Cl2N2O5/c1-3-14-6-9(12(16)17)10(15)8-5-4-7(2)13-11(8)14;12-10(13)11(18)14-8(5-16)9(17)6-1-3-7(4-2-6)15(19)20/h4-6H,3H2,1-2H3,(H,16,17);1-4,8-10,16-17H,5H2,(H,14,18)/t;8-,9-/m.1/s1. The van der Waals surface area contributed by atoms with Crippen LogP contribution in [-0.2, 0) is 11.3 Å². The van der Waals surface area contributed by atoms with Crippen molar-refractivity contribution < 1.29 is 29.8 Å². The van der Waals surface area contributed by atoms with Crippen LogP contribution in [0, 0.1) is 17.0 Å². The third-order valence-electron chi connectivity index (χ3n) is 5.18. The minimum Gasteiger partial charge on any atom is -0.477 e. The molecule has 12 nitrogen and oxygen atoms in total. The van der Waals surface area contributed by atoms with Crippen LogP contribution in [0.4, 0.5) is 5.69 Å². The van der Waals surface area contributed by atoms with E-state index in [-0.39, 0.29) is 11.3 Å². The van der Waals surface area contributed by atoms with E-state index < -0.39 is 45.8 Å². The van der Waals surface area contributed by atoms with Gasteiger partial charge in [-0.15, -0.1) is 0 Å². The Hall–Kier alpha value is -3.58. The molecule has 0 saturated carbocycles. The van der Waals surface area contributed by atoms with E-state index in [0.29, 0.717) is 23.1 Å². The van der Waals surface area contributed by atoms with Gasteiger partial charge in [-0.25, -0.2) is 9.78 Å². The lowest BCUT2D eigenvalue weighted by atomic mass is 10.0. The number of aryl methyl sites for hydroxylation is 2. The second-order valence-electron chi connectivity index (χ2n) is 7.68. The van der Waals surface area contributed by atoms with Crippen LogP contribution < -0.4 is 10.7 Å². The number of pyridine rings is 2. The summed E-state index contributed by atoms with van der Waals surface area (Å²) in [5, 5.41) is 41.3. The maximum Gasteiger partial charge on any atom is 0.341 e. The summed E-state index contributed by atoms with van der Waals surface area (Å²) in [6.45, 7) is 3.71. The number of benzene rings is 1. The molecule has 37 heavy (non-hydrogen) atoms. The summed E-state index contributed by atoms with van der Waals surface area (Å²) in [4.78, 5) is 47.1. The summed E-state index contributed by atoms with van der Waals surface area (Å²) < 4.78 is 1.67. The van der Waals surface area contributed by atoms with Crippen molar-refractivity contribution in [1.29, 1.82) is 0 Å². The summed E-state index contributed by atoms with van der Waals surface area (Å²) in [7, 11) is 0. The van der Waals surface area contributed by atoms with Gasteiger partial charge in [-0.05, 0) is 43.7 Å². The second kappa shape index (κ2) is 13.1. The summed E-state index contributed by atoms with van der Waals surface area (Å²) in [6, 6.07) is 7.38. The van der Waals surface area contributed by atoms with E-state index in [9.17, 15) is 29.6 Å². The number of rotatable bonds is 8. The number of hydrogen-bond donors (Lipinski definition) is 4. The van der Waals surface area contributed by atoms with Crippen LogP contribution in [0.5, 0.6) is 0 Å². The van der Waals surface area contributed by atoms with E-state index in [0.717, 1.165) is 5.69 Å². The third-order valence-corrected chi connectivity index (χ3v) is 5.58. The first-order valence-electron chi connectivity index (χ1n) is 10.8. The quantitative estimate of drug-likeness (QED) is 0.184. The van der Waals surface area contributed by atoms with Gasteiger partial charge in [0, 0.05) is 30.6 Å². The Morgan fingerprint density at radius 2 is 1.81 bits per heavy atom. The number of nitro groups is 1. The lowest BCUT2D eigenvalue weighted by Crippen LogP contribution is -2.44. The number of fused-ring (bicyclic) bond motifs is 1. The lowest BCUT2D eigenvalue weighted by molar-refractivity contribution is -0.384. The average molecular weight is 555 g/mol. The van der Waals surface area contributed by atoms with Gasteiger partial charge in [0.1, 0.15) is 17.3 Å². The Labute approximate surface area is 220 Å². The molecule has 198 valence electrons. The van der Waals surface area contributed by atoms with Crippen molar-refractivity contribution in [2.45, 2.75) is 37.4 Å². The highest BCUT2D eigenvalue weighted by molar-refractivity contribution is 6.53. The summed E-state index contributed by atoms with van der Waals surface area (Å²) in [6.07, 6.45) is 0.0937. The number of nitrogens with zero attached hydrogens (tertiary/aromatic N) is 3. The highest BCUT2D eigenvalue weighted by Gasteiger charge is 2.25. The first-order valence-corrected chi connectivity index (χ1v) is 11.6. The Kier molecular flexibility index (Phi) is 10.5. The van der Waals surface area contributed by atoms with Crippen LogP contribution in [0.15, 0.2) is 47.4 Å². The van der Waals surface area contributed by atoms with Gasteiger partial charge in [0.05, 0.1) is 23.0 Å². The van der Waals surface area contributed by atoms with Gasteiger partial charge in [0.2, 0.25) is 5.43 Å². The van der Waals surface area contributed by atoms with E-state index in [1.54, 1.807) is 16.7 Å². The fourth-order valence-corrected chi connectivity index (χ4v) is 3.37. The number of aromatic nitrogens is 2. The molecule has 0 fully saturated rings. The fraction of sp³-hybridized carbons (Fsp3) is 0.304. The monoisotopic (exact) mass is 554 g/mol. The number of aromatic carboxylic acids is 1. The van der Waals surface area contributed by atoms with Gasteiger partial charge in [-0.1, -0.05) is 23.2 Å². The van der Waals surface area contributed by atoms with E-state index in [1.165, 1.54) is 30.5 Å². The number of amides is 1. The number of carbonyl (C=O) groups is 2. The van der Waals surface area contributed by atoms with Crippen molar-refractivity contribution in [3.8, 4) is 0 Å². The number of nitro benzene ring substituents is 1. The van der Waals surface area contributed by atoms with Crippen molar-refractivity contribution in [3.05, 3.63) is 79.8 Å². The minimum atomic E-state index is -1.33. The Morgan fingerprint density at radius 3 is 2.30 bits per heavy atom. The first-order chi connectivity index (χ1) is 17.4. The Balaban J connectivity index is 0.000000263. The van der Waals surface area contributed by atoms with Crippen LogP contribution in [0.1, 0.15) is 34.6 Å². The molecule has 2 aromatic heterocycles. The topological polar surface area (TPSA) is 185 Å². The zero-order valence-electron chi connectivity index (χ0n) is 19.7. The van der Waals surface area contributed by atoms with Gasteiger partial charge in [-0.3, -0.25) is 19.7 Å². The number of alkyl halides is 2. The van der Waals surface area contributed by atoms with Gasteiger partial charge in [0.25, 0.3) is 11.6 Å². The normalized spacial score (nSPS) is 12.4. The Bertz CT molecular complexity index is 1350. The molecule has 0 aliphatic heterocycles.